The molecule has 4 nitrogen and oxygen atoms in total. The Labute approximate surface area is 124 Å². The van der Waals surface area contributed by atoms with Crippen LogP contribution in [-0.2, 0) is 17.6 Å². The minimum atomic E-state index is 0.0986. The quantitative estimate of drug-likeness (QED) is 0.846. The van der Waals surface area contributed by atoms with Gasteiger partial charge in [0.15, 0.2) is 0 Å². The van der Waals surface area contributed by atoms with Crippen molar-refractivity contribution in [1.82, 2.24) is 10.3 Å². The maximum atomic E-state index is 12.1. The number of nitrogens with zero attached hydrogens (tertiary/aromatic N) is 1. The van der Waals surface area contributed by atoms with Gasteiger partial charge in [0.25, 0.3) is 0 Å². The van der Waals surface area contributed by atoms with E-state index in [2.05, 4.69) is 10.3 Å². The molecular weight excluding hydrogens is 262 g/mol. The normalized spacial score (nSPS) is 16.5. The summed E-state index contributed by atoms with van der Waals surface area (Å²) in [5.41, 5.74) is 10.2. The number of carbonyl (C=O) groups is 1. The second kappa shape index (κ2) is 5.95. The zero-order valence-electron chi connectivity index (χ0n) is 11.9. The summed E-state index contributed by atoms with van der Waals surface area (Å²) in [6.07, 6.45) is 6.70. The largest absolute Gasteiger partial charge is 0.399 e. The van der Waals surface area contributed by atoms with Crippen LogP contribution in [0.15, 0.2) is 42.7 Å². The molecule has 0 radical (unpaired) electrons. The Balaban J connectivity index is 1.57. The first-order valence-electron chi connectivity index (χ1n) is 7.29. The van der Waals surface area contributed by atoms with Crippen LogP contribution in [0.3, 0.4) is 0 Å². The smallest absolute Gasteiger partial charge is 0.220 e. The highest BCUT2D eigenvalue weighted by Crippen LogP contribution is 2.32. The first-order chi connectivity index (χ1) is 10.2. The van der Waals surface area contributed by atoms with E-state index in [0.29, 0.717) is 6.42 Å². The van der Waals surface area contributed by atoms with Crippen molar-refractivity contribution in [3.8, 4) is 0 Å². The van der Waals surface area contributed by atoms with Gasteiger partial charge in [-0.3, -0.25) is 9.78 Å². The number of amides is 1. The van der Waals surface area contributed by atoms with Gasteiger partial charge in [-0.25, -0.2) is 0 Å². The van der Waals surface area contributed by atoms with Gasteiger partial charge in [-0.1, -0.05) is 6.07 Å². The monoisotopic (exact) mass is 281 g/mol. The minimum absolute atomic E-state index is 0.0986. The van der Waals surface area contributed by atoms with Crippen LogP contribution in [0.4, 0.5) is 5.69 Å². The fourth-order valence-corrected chi connectivity index (χ4v) is 2.86. The molecule has 1 heterocycles. The molecule has 1 aliphatic rings. The molecule has 1 atom stereocenters. The number of nitrogens with one attached hydrogen (secondary N) is 1. The van der Waals surface area contributed by atoms with Crippen molar-refractivity contribution < 1.29 is 4.79 Å². The van der Waals surface area contributed by atoms with Crippen LogP contribution >= 0.6 is 0 Å². The standard InChI is InChI=1S/C17H19N3O/c18-14-3-4-15-13(11-14)2-5-16(15)20-17(21)6-1-12-7-9-19-10-8-12/h3-4,7-11,16H,1-2,5-6,18H2,(H,20,21). The van der Waals surface area contributed by atoms with Gasteiger partial charge in [0, 0.05) is 24.5 Å². The molecule has 1 aromatic carbocycles. The third-order valence-electron chi connectivity index (χ3n) is 3.97. The van der Waals surface area contributed by atoms with Gasteiger partial charge in [-0.05, 0) is 60.2 Å². The van der Waals surface area contributed by atoms with E-state index in [1.165, 1.54) is 11.1 Å². The second-order valence-corrected chi connectivity index (χ2v) is 5.47. The lowest BCUT2D eigenvalue weighted by atomic mass is 10.1. The zero-order chi connectivity index (χ0) is 14.7. The van der Waals surface area contributed by atoms with Crippen LogP contribution in [0.1, 0.15) is 35.6 Å². The molecule has 2 aromatic rings. The molecule has 0 spiro atoms. The topological polar surface area (TPSA) is 68.0 Å². The van der Waals surface area contributed by atoms with Crippen molar-refractivity contribution in [2.24, 2.45) is 0 Å². The van der Waals surface area contributed by atoms with E-state index in [1.54, 1.807) is 12.4 Å². The van der Waals surface area contributed by atoms with Gasteiger partial charge in [-0.2, -0.15) is 0 Å². The van der Waals surface area contributed by atoms with Crippen molar-refractivity contribution in [3.63, 3.8) is 0 Å². The predicted molar refractivity (Wildman–Crippen MR) is 82.6 cm³/mol. The van der Waals surface area contributed by atoms with Crippen molar-refractivity contribution in [3.05, 3.63) is 59.4 Å². The summed E-state index contributed by atoms with van der Waals surface area (Å²) in [5, 5.41) is 3.13. The summed E-state index contributed by atoms with van der Waals surface area (Å²) < 4.78 is 0. The Kier molecular flexibility index (Phi) is 3.86. The summed E-state index contributed by atoms with van der Waals surface area (Å²) in [7, 11) is 0. The maximum absolute atomic E-state index is 12.1. The number of hydrogen-bond donors (Lipinski definition) is 2. The highest BCUT2D eigenvalue weighted by Gasteiger charge is 2.23. The molecular formula is C17H19N3O. The Morgan fingerprint density at radius 2 is 2.10 bits per heavy atom. The number of benzene rings is 1. The lowest BCUT2D eigenvalue weighted by molar-refractivity contribution is -0.121. The molecule has 0 aliphatic heterocycles. The zero-order valence-corrected chi connectivity index (χ0v) is 11.9. The molecule has 3 N–H and O–H groups in total. The fraction of sp³-hybridized carbons (Fsp3) is 0.294. The van der Waals surface area contributed by atoms with Crippen molar-refractivity contribution >= 4 is 11.6 Å². The van der Waals surface area contributed by atoms with Crippen LogP contribution < -0.4 is 11.1 Å². The summed E-state index contributed by atoms with van der Waals surface area (Å²) in [6.45, 7) is 0. The molecule has 4 heteroatoms. The lowest BCUT2D eigenvalue weighted by Gasteiger charge is -2.14. The number of nitrogen functional groups attached to an aromatic ring is 1. The number of carbonyl (C=O) groups excluding carboxylic acids is 1. The van der Waals surface area contributed by atoms with Gasteiger partial charge in [-0.15, -0.1) is 0 Å². The molecule has 0 saturated heterocycles. The summed E-state index contributed by atoms with van der Waals surface area (Å²) >= 11 is 0. The predicted octanol–water partition coefficient (Wildman–Crippen LogP) is 2.40. The summed E-state index contributed by atoms with van der Waals surface area (Å²) in [4.78, 5) is 16.1. The van der Waals surface area contributed by atoms with Gasteiger partial charge in [0.05, 0.1) is 6.04 Å². The third-order valence-corrected chi connectivity index (χ3v) is 3.97. The minimum Gasteiger partial charge on any atom is -0.399 e. The molecule has 0 saturated carbocycles. The molecule has 21 heavy (non-hydrogen) atoms. The number of fused-ring (bicyclic) bond motifs is 1. The third kappa shape index (κ3) is 3.21. The number of aromatic nitrogens is 1. The Hall–Kier alpha value is -2.36. The fourth-order valence-electron chi connectivity index (χ4n) is 2.86. The highest BCUT2D eigenvalue weighted by molar-refractivity contribution is 5.77. The van der Waals surface area contributed by atoms with Crippen LogP contribution in [0.5, 0.6) is 0 Å². The Bertz CT molecular complexity index is 640. The van der Waals surface area contributed by atoms with Crippen LogP contribution in [0.25, 0.3) is 0 Å². The molecule has 0 fully saturated rings. The average molecular weight is 281 g/mol. The number of aryl methyl sites for hydroxylation is 2. The van der Waals surface area contributed by atoms with E-state index in [9.17, 15) is 4.79 Å². The first kappa shape index (κ1) is 13.6. The first-order valence-corrected chi connectivity index (χ1v) is 7.29. The van der Waals surface area contributed by atoms with E-state index in [4.69, 9.17) is 5.73 Å². The molecule has 108 valence electrons. The molecule has 0 bridgehead atoms. The van der Waals surface area contributed by atoms with Crippen molar-refractivity contribution in [1.29, 1.82) is 0 Å². The number of rotatable bonds is 4. The molecule has 3 rings (SSSR count). The Morgan fingerprint density at radius 1 is 1.29 bits per heavy atom. The molecule has 1 aliphatic carbocycles. The van der Waals surface area contributed by atoms with Gasteiger partial charge in [0.2, 0.25) is 5.91 Å². The average Bonchev–Trinajstić information content (AvgIpc) is 2.88. The molecule has 1 unspecified atom stereocenters. The van der Waals surface area contributed by atoms with Crippen LogP contribution in [0.2, 0.25) is 0 Å². The van der Waals surface area contributed by atoms with E-state index in [0.717, 1.165) is 30.5 Å². The van der Waals surface area contributed by atoms with Crippen LogP contribution in [0, 0.1) is 0 Å². The summed E-state index contributed by atoms with van der Waals surface area (Å²) in [5.74, 6) is 0.0986. The second-order valence-electron chi connectivity index (χ2n) is 5.47. The summed E-state index contributed by atoms with van der Waals surface area (Å²) in [6, 6.07) is 9.97. The Morgan fingerprint density at radius 3 is 2.90 bits per heavy atom. The number of anilines is 1. The molecule has 1 aromatic heterocycles. The van der Waals surface area contributed by atoms with Crippen LogP contribution in [-0.4, -0.2) is 10.9 Å². The van der Waals surface area contributed by atoms with E-state index < -0.39 is 0 Å². The van der Waals surface area contributed by atoms with Gasteiger partial charge >= 0.3 is 0 Å². The van der Waals surface area contributed by atoms with E-state index in [1.807, 2.05) is 30.3 Å². The van der Waals surface area contributed by atoms with E-state index in [-0.39, 0.29) is 11.9 Å². The SMILES string of the molecule is Nc1ccc2c(c1)CCC2NC(=O)CCc1ccncc1. The van der Waals surface area contributed by atoms with Crippen molar-refractivity contribution in [2.45, 2.75) is 31.7 Å². The number of nitrogens with two attached hydrogens (primary N) is 1. The maximum Gasteiger partial charge on any atom is 0.220 e. The van der Waals surface area contributed by atoms with Crippen molar-refractivity contribution in [2.75, 3.05) is 5.73 Å². The molecule has 1 amide bonds. The number of pyridine rings is 1. The highest BCUT2D eigenvalue weighted by atomic mass is 16.1. The lowest BCUT2D eigenvalue weighted by Crippen LogP contribution is -2.27. The van der Waals surface area contributed by atoms with E-state index >= 15 is 0 Å². The van der Waals surface area contributed by atoms with Gasteiger partial charge < -0.3 is 11.1 Å². The van der Waals surface area contributed by atoms with Gasteiger partial charge in [0.1, 0.15) is 0 Å². The number of hydrogen-bond acceptors (Lipinski definition) is 3.